The van der Waals surface area contributed by atoms with E-state index in [1.807, 2.05) is 0 Å². The lowest BCUT2D eigenvalue weighted by atomic mass is 10.3. The Morgan fingerprint density at radius 2 is 1.62 bits per heavy atom. The van der Waals surface area contributed by atoms with Crippen molar-refractivity contribution in [1.29, 1.82) is 0 Å². The van der Waals surface area contributed by atoms with Crippen LogP contribution in [-0.4, -0.2) is 18.8 Å². The highest BCUT2D eigenvalue weighted by atomic mass is 35.5. The normalized spacial score (nSPS) is 9.96. The Morgan fingerprint density at radius 1 is 1.00 bits per heavy atom. The summed E-state index contributed by atoms with van der Waals surface area (Å²) in [6.07, 6.45) is -0.788. The zero-order chi connectivity index (χ0) is 17.5. The molecule has 8 heteroatoms. The highest BCUT2D eigenvalue weighted by Crippen LogP contribution is 2.29. The second-order valence-electron chi connectivity index (χ2n) is 4.49. The molecule has 0 saturated heterocycles. The molecule has 2 rings (SSSR count). The number of anilines is 2. The first kappa shape index (κ1) is 17.9. The molecule has 126 valence electrons. The van der Waals surface area contributed by atoms with Gasteiger partial charge in [-0.15, -0.1) is 0 Å². The fourth-order valence-corrected chi connectivity index (χ4v) is 2.23. The van der Waals surface area contributed by atoms with Crippen LogP contribution in [0.1, 0.15) is 6.92 Å². The van der Waals surface area contributed by atoms with E-state index in [2.05, 4.69) is 15.4 Å². The summed E-state index contributed by atoms with van der Waals surface area (Å²) in [5, 5.41) is 5.84. The molecule has 2 N–H and O–H groups in total. The standard InChI is InChI=1S/C16H14Cl2N2O4/c1-2-23-16(22)24-11-8-6-10(7-9-11)19-15(21)20-14-12(17)4-3-5-13(14)18/h3-9H,2H2,1H3,(H2,19,20,21). The number of urea groups is 1. The van der Waals surface area contributed by atoms with Crippen LogP contribution in [0.2, 0.25) is 10.0 Å². The molecular weight excluding hydrogens is 355 g/mol. The lowest BCUT2D eigenvalue weighted by Crippen LogP contribution is -2.19. The summed E-state index contributed by atoms with van der Waals surface area (Å²) in [4.78, 5) is 23.2. The maximum atomic E-state index is 12.0. The van der Waals surface area contributed by atoms with Crippen LogP contribution in [0.4, 0.5) is 21.0 Å². The number of carbonyl (C=O) groups is 2. The van der Waals surface area contributed by atoms with Crippen molar-refractivity contribution in [3.63, 3.8) is 0 Å². The maximum absolute atomic E-state index is 12.0. The fraction of sp³-hybridized carbons (Fsp3) is 0.125. The topological polar surface area (TPSA) is 76.7 Å². The third-order valence-corrected chi connectivity index (χ3v) is 3.41. The largest absolute Gasteiger partial charge is 0.513 e. The first-order chi connectivity index (χ1) is 11.5. The summed E-state index contributed by atoms with van der Waals surface area (Å²) >= 11 is 12.0. The smallest absolute Gasteiger partial charge is 0.434 e. The quantitative estimate of drug-likeness (QED) is 0.576. The number of rotatable bonds is 4. The van der Waals surface area contributed by atoms with Gasteiger partial charge in [0.1, 0.15) is 5.75 Å². The van der Waals surface area contributed by atoms with Gasteiger partial charge in [-0.05, 0) is 43.3 Å². The molecular formula is C16H14Cl2N2O4. The fourth-order valence-electron chi connectivity index (χ4n) is 1.74. The number of nitrogens with one attached hydrogen (secondary N) is 2. The molecule has 0 saturated carbocycles. The molecule has 0 unspecified atom stereocenters. The van der Waals surface area contributed by atoms with Gasteiger partial charge in [0, 0.05) is 5.69 Å². The number of para-hydroxylation sites is 1. The second-order valence-corrected chi connectivity index (χ2v) is 5.30. The van der Waals surface area contributed by atoms with Gasteiger partial charge in [0.05, 0.1) is 22.3 Å². The van der Waals surface area contributed by atoms with E-state index in [0.29, 0.717) is 27.2 Å². The van der Waals surface area contributed by atoms with Gasteiger partial charge in [0.25, 0.3) is 0 Å². The van der Waals surface area contributed by atoms with E-state index < -0.39 is 12.2 Å². The molecule has 24 heavy (non-hydrogen) atoms. The van der Waals surface area contributed by atoms with Gasteiger partial charge in [-0.1, -0.05) is 29.3 Å². The van der Waals surface area contributed by atoms with E-state index in [9.17, 15) is 9.59 Å². The molecule has 0 spiro atoms. The van der Waals surface area contributed by atoms with Gasteiger partial charge in [0.2, 0.25) is 0 Å². The molecule has 6 nitrogen and oxygen atoms in total. The van der Waals surface area contributed by atoms with Gasteiger partial charge >= 0.3 is 12.2 Å². The zero-order valence-corrected chi connectivity index (χ0v) is 14.1. The average Bonchev–Trinajstić information content (AvgIpc) is 2.53. The molecule has 2 aromatic carbocycles. The summed E-state index contributed by atoms with van der Waals surface area (Å²) in [5.41, 5.74) is 0.812. The number of benzene rings is 2. The third-order valence-electron chi connectivity index (χ3n) is 2.78. The van der Waals surface area contributed by atoms with Gasteiger partial charge in [-0.3, -0.25) is 0 Å². The molecule has 2 aromatic rings. The average molecular weight is 369 g/mol. The van der Waals surface area contributed by atoms with Crippen molar-refractivity contribution in [3.8, 4) is 5.75 Å². The number of carbonyl (C=O) groups excluding carboxylic acids is 2. The molecule has 0 radical (unpaired) electrons. The van der Waals surface area contributed by atoms with Crippen molar-refractivity contribution in [2.75, 3.05) is 17.2 Å². The van der Waals surface area contributed by atoms with Crippen molar-refractivity contribution >= 4 is 46.8 Å². The van der Waals surface area contributed by atoms with Crippen LogP contribution in [0.15, 0.2) is 42.5 Å². The van der Waals surface area contributed by atoms with E-state index in [1.165, 1.54) is 12.1 Å². The lowest BCUT2D eigenvalue weighted by molar-refractivity contribution is 0.104. The van der Waals surface area contributed by atoms with Crippen molar-refractivity contribution in [2.45, 2.75) is 6.92 Å². The summed E-state index contributed by atoms with van der Waals surface area (Å²) in [6.45, 7) is 1.90. The van der Waals surface area contributed by atoms with Crippen LogP contribution < -0.4 is 15.4 Å². The predicted octanol–water partition coefficient (Wildman–Crippen LogP) is 5.17. The monoisotopic (exact) mass is 368 g/mol. The Balaban J connectivity index is 1.96. The first-order valence-corrected chi connectivity index (χ1v) is 7.72. The second kappa shape index (κ2) is 8.42. The summed E-state index contributed by atoms with van der Waals surface area (Å²) < 4.78 is 9.58. The molecule has 0 aliphatic rings. The molecule has 0 fully saturated rings. The Hall–Kier alpha value is -2.44. The van der Waals surface area contributed by atoms with Gasteiger partial charge in [-0.25, -0.2) is 9.59 Å². The summed E-state index contributed by atoms with van der Waals surface area (Å²) in [6, 6.07) is 10.6. The van der Waals surface area contributed by atoms with Gasteiger partial charge < -0.3 is 20.1 Å². The van der Waals surface area contributed by atoms with E-state index in [4.69, 9.17) is 27.9 Å². The molecule has 2 amide bonds. The van der Waals surface area contributed by atoms with Crippen LogP contribution in [0, 0.1) is 0 Å². The molecule has 0 heterocycles. The summed E-state index contributed by atoms with van der Waals surface area (Å²) in [7, 11) is 0. The molecule has 0 atom stereocenters. The minimum atomic E-state index is -0.788. The van der Waals surface area contributed by atoms with E-state index >= 15 is 0 Å². The van der Waals surface area contributed by atoms with Crippen molar-refractivity contribution in [3.05, 3.63) is 52.5 Å². The van der Waals surface area contributed by atoms with Gasteiger partial charge in [-0.2, -0.15) is 0 Å². The Kier molecular flexibility index (Phi) is 6.28. The number of hydrogen-bond donors (Lipinski definition) is 2. The van der Waals surface area contributed by atoms with Crippen molar-refractivity contribution in [1.82, 2.24) is 0 Å². The number of ether oxygens (including phenoxy) is 2. The van der Waals surface area contributed by atoms with Crippen LogP contribution in [0.25, 0.3) is 0 Å². The molecule has 0 aliphatic heterocycles. The Bertz CT molecular complexity index is 715. The number of halogens is 2. The lowest BCUT2D eigenvalue weighted by Gasteiger charge is -2.11. The predicted molar refractivity (Wildman–Crippen MR) is 93.2 cm³/mol. The number of amides is 2. The maximum Gasteiger partial charge on any atom is 0.513 e. The molecule has 0 aliphatic carbocycles. The van der Waals surface area contributed by atoms with E-state index in [-0.39, 0.29) is 6.61 Å². The van der Waals surface area contributed by atoms with Crippen LogP contribution >= 0.6 is 23.2 Å². The minimum absolute atomic E-state index is 0.225. The highest BCUT2D eigenvalue weighted by molar-refractivity contribution is 6.39. The SMILES string of the molecule is CCOC(=O)Oc1ccc(NC(=O)Nc2c(Cl)cccc2Cl)cc1. The van der Waals surface area contributed by atoms with Crippen LogP contribution in [0.3, 0.4) is 0 Å². The molecule has 0 bridgehead atoms. The highest BCUT2D eigenvalue weighted by Gasteiger charge is 2.10. The first-order valence-electron chi connectivity index (χ1n) is 6.96. The van der Waals surface area contributed by atoms with Crippen molar-refractivity contribution in [2.24, 2.45) is 0 Å². The Morgan fingerprint density at radius 3 is 2.21 bits per heavy atom. The summed E-state index contributed by atoms with van der Waals surface area (Å²) in [5.74, 6) is 0.300. The molecule has 0 aromatic heterocycles. The van der Waals surface area contributed by atoms with E-state index in [1.54, 1.807) is 37.3 Å². The third kappa shape index (κ3) is 5.04. The van der Waals surface area contributed by atoms with Crippen LogP contribution in [0.5, 0.6) is 5.75 Å². The number of hydrogen-bond acceptors (Lipinski definition) is 4. The van der Waals surface area contributed by atoms with Crippen molar-refractivity contribution < 1.29 is 19.1 Å². The Labute approximate surface area is 148 Å². The minimum Gasteiger partial charge on any atom is -0.434 e. The van der Waals surface area contributed by atoms with Crippen LogP contribution in [-0.2, 0) is 4.74 Å². The van der Waals surface area contributed by atoms with E-state index in [0.717, 1.165) is 0 Å². The van der Waals surface area contributed by atoms with Gasteiger partial charge in [0.15, 0.2) is 0 Å². The zero-order valence-electron chi connectivity index (χ0n) is 12.6.